The van der Waals surface area contributed by atoms with Gasteiger partial charge in [0.25, 0.3) is 11.3 Å². The fourth-order valence-corrected chi connectivity index (χ4v) is 3.60. The van der Waals surface area contributed by atoms with Crippen LogP contribution >= 0.6 is 0 Å². The number of amides is 2. The predicted molar refractivity (Wildman–Crippen MR) is 131 cm³/mol. The van der Waals surface area contributed by atoms with E-state index in [9.17, 15) is 32.3 Å². The maximum absolute atomic E-state index is 13.7. The van der Waals surface area contributed by atoms with Crippen molar-refractivity contribution in [1.29, 1.82) is 0 Å². The molecule has 13 heteroatoms. The van der Waals surface area contributed by atoms with Crippen molar-refractivity contribution in [3.63, 3.8) is 0 Å². The fraction of sp³-hybridized carbons (Fsp3) is 0.280. The maximum Gasteiger partial charge on any atom is 0.452 e. The molecule has 3 rings (SSSR count). The van der Waals surface area contributed by atoms with Crippen molar-refractivity contribution in [2.45, 2.75) is 32.6 Å². The molecule has 0 fully saturated rings. The van der Waals surface area contributed by atoms with Gasteiger partial charge in [-0.2, -0.15) is 13.2 Å². The van der Waals surface area contributed by atoms with Gasteiger partial charge < -0.3 is 10.1 Å². The number of hydrogen-bond acceptors (Lipinski definition) is 7. The van der Waals surface area contributed by atoms with Crippen LogP contribution in [0.2, 0.25) is 0 Å². The van der Waals surface area contributed by atoms with Crippen molar-refractivity contribution in [3.05, 3.63) is 71.4 Å². The number of carbonyl (C=O) groups is 3. The number of halogens is 3. The molecule has 10 nitrogen and oxygen atoms in total. The van der Waals surface area contributed by atoms with Gasteiger partial charge in [0.15, 0.2) is 0 Å². The summed E-state index contributed by atoms with van der Waals surface area (Å²) in [5.41, 5.74) is -0.518. The van der Waals surface area contributed by atoms with Crippen LogP contribution in [0.25, 0.3) is 11.4 Å². The largest absolute Gasteiger partial charge is 0.452 e. The number of nitrogens with zero attached hydrogens (tertiary/aromatic N) is 4. The molecule has 0 bridgehead atoms. The van der Waals surface area contributed by atoms with E-state index in [1.165, 1.54) is 38.4 Å². The van der Waals surface area contributed by atoms with E-state index in [4.69, 9.17) is 4.74 Å². The summed E-state index contributed by atoms with van der Waals surface area (Å²) in [6.07, 6.45) is -2.21. The summed E-state index contributed by atoms with van der Waals surface area (Å²) in [6, 6.07) is 9.27. The smallest absolute Gasteiger partial charge is 0.452 e. The first-order valence-corrected chi connectivity index (χ1v) is 11.3. The highest BCUT2D eigenvalue weighted by Crippen LogP contribution is 2.25. The molecule has 200 valence electrons. The van der Waals surface area contributed by atoms with Crippen LogP contribution < -0.4 is 15.8 Å². The minimum Gasteiger partial charge on any atom is -0.452 e. The lowest BCUT2D eigenvalue weighted by atomic mass is 9.99. The summed E-state index contributed by atoms with van der Waals surface area (Å²) in [5.74, 6) is -4.02. The van der Waals surface area contributed by atoms with E-state index >= 15 is 0 Å². The van der Waals surface area contributed by atoms with Gasteiger partial charge in [-0.15, -0.1) is 0 Å². The van der Waals surface area contributed by atoms with Gasteiger partial charge in [-0.05, 0) is 18.1 Å². The van der Waals surface area contributed by atoms with Crippen molar-refractivity contribution >= 4 is 29.2 Å². The number of methoxy groups -OCH3 is 1. The number of benzene rings is 1. The molecule has 0 saturated carbocycles. The average Bonchev–Trinajstić information content (AvgIpc) is 2.89. The monoisotopic (exact) mass is 531 g/mol. The Morgan fingerprint density at radius 2 is 1.71 bits per heavy atom. The van der Waals surface area contributed by atoms with E-state index in [0.29, 0.717) is 5.56 Å². The molecule has 1 atom stereocenters. The molecule has 3 aromatic rings. The molecule has 1 aromatic carbocycles. The number of nitrogens with one attached hydrogen (secondary N) is 1. The van der Waals surface area contributed by atoms with E-state index in [1.807, 2.05) is 0 Å². The summed E-state index contributed by atoms with van der Waals surface area (Å²) in [7, 11) is 1.11. The predicted octanol–water partition coefficient (Wildman–Crippen LogP) is 3.48. The molecule has 0 saturated heterocycles. The second kappa shape index (κ2) is 11.7. The number of ketones is 1. The highest BCUT2D eigenvalue weighted by Gasteiger charge is 2.45. The van der Waals surface area contributed by atoms with Gasteiger partial charge in [-0.25, -0.2) is 14.7 Å². The molecule has 0 aliphatic rings. The summed E-state index contributed by atoms with van der Waals surface area (Å²) in [5, 5.41) is 2.08. The standard InChI is InChI=1S/C25H24F3N5O5/c1-15(2)20(21(35)25(26,27)28)31-19(34)14-32-22(16-7-5-4-6-8-16)30-13-18(23(32)36)33(24(37)38-3)17-9-11-29-12-10-17/h4-13,15,20H,14H2,1-3H3,(H,31,34). The summed E-state index contributed by atoms with van der Waals surface area (Å²) in [4.78, 5) is 60.2. The van der Waals surface area contributed by atoms with Crippen LogP contribution in [0, 0.1) is 5.92 Å². The number of ether oxygens (including phenoxy) is 1. The molecule has 0 aliphatic heterocycles. The Morgan fingerprint density at radius 1 is 1.08 bits per heavy atom. The quantitative estimate of drug-likeness (QED) is 0.472. The van der Waals surface area contributed by atoms with Crippen LogP contribution in [-0.4, -0.2) is 51.6 Å². The van der Waals surface area contributed by atoms with Gasteiger partial charge >= 0.3 is 12.3 Å². The van der Waals surface area contributed by atoms with Gasteiger partial charge in [0.2, 0.25) is 5.91 Å². The zero-order chi connectivity index (χ0) is 28.0. The van der Waals surface area contributed by atoms with Crippen molar-refractivity contribution in [3.8, 4) is 11.4 Å². The lowest BCUT2D eigenvalue weighted by Gasteiger charge is -2.24. The Kier molecular flexibility index (Phi) is 8.61. The molecular formula is C25H24F3N5O5. The van der Waals surface area contributed by atoms with Crippen LogP contribution in [0.4, 0.5) is 29.3 Å². The molecule has 0 spiro atoms. The SMILES string of the molecule is COC(=O)N(c1ccncc1)c1cnc(-c2ccccc2)n(CC(=O)NC(C(=O)C(F)(F)F)C(C)C)c1=O. The second-order valence-corrected chi connectivity index (χ2v) is 8.39. The number of hydrogen-bond donors (Lipinski definition) is 1. The molecular weight excluding hydrogens is 507 g/mol. The first-order valence-electron chi connectivity index (χ1n) is 11.3. The fourth-order valence-electron chi connectivity index (χ4n) is 3.60. The third-order valence-corrected chi connectivity index (χ3v) is 5.43. The number of pyridine rings is 1. The first kappa shape index (κ1) is 28.0. The summed E-state index contributed by atoms with van der Waals surface area (Å²) >= 11 is 0. The minimum atomic E-state index is -5.17. The van der Waals surface area contributed by atoms with Crippen molar-refractivity contribution in [2.24, 2.45) is 5.92 Å². The van der Waals surface area contributed by atoms with E-state index < -0.39 is 48.0 Å². The van der Waals surface area contributed by atoms with Crippen LogP contribution in [0.15, 0.2) is 65.8 Å². The molecule has 1 N–H and O–H groups in total. The molecule has 1 unspecified atom stereocenters. The Hall–Kier alpha value is -4.55. The lowest BCUT2D eigenvalue weighted by Crippen LogP contribution is -2.51. The van der Waals surface area contributed by atoms with Crippen LogP contribution in [-0.2, 0) is 20.9 Å². The number of alkyl halides is 3. The van der Waals surface area contributed by atoms with E-state index in [1.54, 1.807) is 30.3 Å². The van der Waals surface area contributed by atoms with Crippen LogP contribution in [0.3, 0.4) is 0 Å². The third kappa shape index (κ3) is 6.22. The van der Waals surface area contributed by atoms with Crippen LogP contribution in [0.5, 0.6) is 0 Å². The third-order valence-electron chi connectivity index (χ3n) is 5.43. The molecule has 2 aromatic heterocycles. The number of aromatic nitrogens is 3. The van der Waals surface area contributed by atoms with Crippen molar-refractivity contribution in [2.75, 3.05) is 12.0 Å². The summed E-state index contributed by atoms with van der Waals surface area (Å²) in [6.45, 7) is 1.91. The second-order valence-electron chi connectivity index (χ2n) is 8.39. The number of Topliss-reactive ketones (excluding diaryl/α,β-unsaturated/α-hetero) is 1. The Bertz CT molecular complexity index is 1360. The topological polar surface area (TPSA) is 123 Å². The van der Waals surface area contributed by atoms with E-state index in [0.717, 1.165) is 22.8 Å². The maximum atomic E-state index is 13.7. The van der Waals surface area contributed by atoms with E-state index in [-0.39, 0.29) is 17.2 Å². The first-order chi connectivity index (χ1) is 18.0. The van der Waals surface area contributed by atoms with Crippen molar-refractivity contribution < 1.29 is 32.3 Å². The minimum absolute atomic E-state index is 0.0114. The zero-order valence-corrected chi connectivity index (χ0v) is 20.6. The number of anilines is 2. The molecule has 2 amide bonds. The average molecular weight is 531 g/mol. The van der Waals surface area contributed by atoms with Gasteiger partial charge in [-0.3, -0.25) is 23.9 Å². The highest BCUT2D eigenvalue weighted by molar-refractivity contribution is 5.96. The van der Waals surface area contributed by atoms with Gasteiger partial charge in [0, 0.05) is 18.0 Å². The molecule has 38 heavy (non-hydrogen) atoms. The van der Waals surface area contributed by atoms with E-state index in [2.05, 4.69) is 15.3 Å². The van der Waals surface area contributed by atoms with Crippen LogP contribution in [0.1, 0.15) is 13.8 Å². The lowest BCUT2D eigenvalue weighted by molar-refractivity contribution is -0.174. The molecule has 2 heterocycles. The number of rotatable bonds is 8. The molecule has 0 radical (unpaired) electrons. The molecule has 0 aliphatic carbocycles. The Balaban J connectivity index is 2.11. The van der Waals surface area contributed by atoms with Gasteiger partial charge in [0.05, 0.1) is 25.0 Å². The Labute approximate surface area is 215 Å². The number of carbonyl (C=O) groups excluding carboxylic acids is 3. The van der Waals surface area contributed by atoms with Gasteiger partial charge in [-0.1, -0.05) is 44.2 Å². The normalized spacial score (nSPS) is 12.1. The zero-order valence-electron chi connectivity index (χ0n) is 20.6. The Morgan fingerprint density at radius 3 is 2.26 bits per heavy atom. The summed E-state index contributed by atoms with van der Waals surface area (Å²) < 4.78 is 45.0. The van der Waals surface area contributed by atoms with Crippen molar-refractivity contribution in [1.82, 2.24) is 19.9 Å². The van der Waals surface area contributed by atoms with Gasteiger partial charge in [0.1, 0.15) is 18.1 Å². The highest BCUT2D eigenvalue weighted by atomic mass is 19.4.